The zero-order valence-corrected chi connectivity index (χ0v) is 13.7. The molecule has 25 heavy (non-hydrogen) atoms. The van der Waals surface area contributed by atoms with Crippen LogP contribution in [0.15, 0.2) is 58.4 Å². The highest BCUT2D eigenvalue weighted by atomic mass is 16.5. The van der Waals surface area contributed by atoms with E-state index >= 15 is 0 Å². The minimum atomic E-state index is -0.512. The van der Waals surface area contributed by atoms with Crippen molar-refractivity contribution in [2.75, 3.05) is 7.11 Å². The number of para-hydroxylation sites is 1. The van der Waals surface area contributed by atoms with Gasteiger partial charge < -0.3 is 4.74 Å². The topological polar surface area (TPSA) is 96.4 Å². The van der Waals surface area contributed by atoms with Crippen LogP contribution in [0.2, 0.25) is 0 Å². The van der Waals surface area contributed by atoms with Gasteiger partial charge in [0, 0.05) is 10.9 Å². The molecule has 0 radical (unpaired) electrons. The zero-order valence-electron chi connectivity index (χ0n) is 13.7. The number of nitrogens with zero attached hydrogens (tertiary/aromatic N) is 2. The lowest BCUT2D eigenvalue weighted by atomic mass is 10.1. The number of carbonyl (C=O) groups is 1. The number of hydrogen-bond acceptors (Lipinski definition) is 5. The summed E-state index contributed by atoms with van der Waals surface area (Å²) < 4.78 is 5.28. The summed E-state index contributed by atoms with van der Waals surface area (Å²) in [7, 11) is 1.57. The molecule has 2 N–H and O–H groups in total. The van der Waals surface area contributed by atoms with Crippen LogP contribution in [0.3, 0.4) is 0 Å². The molecular formula is C18H16N4O3. The van der Waals surface area contributed by atoms with E-state index in [1.165, 1.54) is 0 Å². The second-order valence-electron chi connectivity index (χ2n) is 5.29. The van der Waals surface area contributed by atoms with E-state index in [1.54, 1.807) is 38.3 Å². The summed E-state index contributed by atoms with van der Waals surface area (Å²) in [5.41, 5.74) is 3.58. The van der Waals surface area contributed by atoms with Gasteiger partial charge in [-0.25, -0.2) is 10.5 Å². The normalized spacial score (nSPS) is 11.4. The summed E-state index contributed by atoms with van der Waals surface area (Å²) >= 11 is 0. The average molecular weight is 336 g/mol. The van der Waals surface area contributed by atoms with Crippen LogP contribution in [0.1, 0.15) is 23.0 Å². The molecule has 3 rings (SSSR count). The molecule has 1 heterocycles. The molecule has 126 valence electrons. The molecule has 3 aromatic rings. The van der Waals surface area contributed by atoms with Crippen LogP contribution in [-0.4, -0.2) is 28.9 Å². The molecular weight excluding hydrogens is 320 g/mol. The van der Waals surface area contributed by atoms with Crippen LogP contribution in [0.4, 0.5) is 0 Å². The van der Waals surface area contributed by atoms with Gasteiger partial charge in [0.05, 0.1) is 18.2 Å². The quantitative estimate of drug-likeness (QED) is 0.563. The van der Waals surface area contributed by atoms with E-state index in [1.807, 2.05) is 24.3 Å². The number of hydrogen-bond donors (Lipinski definition) is 2. The molecule has 0 saturated heterocycles. The zero-order chi connectivity index (χ0) is 17.8. The maximum absolute atomic E-state index is 12.4. The molecule has 7 heteroatoms. The van der Waals surface area contributed by atoms with Gasteiger partial charge in [-0.1, -0.05) is 30.3 Å². The molecule has 0 unspecified atom stereocenters. The van der Waals surface area contributed by atoms with Crippen molar-refractivity contribution in [3.8, 4) is 5.75 Å². The largest absolute Gasteiger partial charge is 0.496 e. The van der Waals surface area contributed by atoms with E-state index in [-0.39, 0.29) is 11.3 Å². The van der Waals surface area contributed by atoms with Crippen molar-refractivity contribution in [1.29, 1.82) is 0 Å². The van der Waals surface area contributed by atoms with Crippen LogP contribution in [0.25, 0.3) is 10.8 Å². The molecule has 0 fully saturated rings. The number of hydrazone groups is 1. The summed E-state index contributed by atoms with van der Waals surface area (Å²) in [6, 6.07) is 14.1. The number of amides is 1. The Balaban J connectivity index is 1.91. The Kier molecular flexibility index (Phi) is 4.56. The highest BCUT2D eigenvalue weighted by Gasteiger charge is 2.14. The number of ether oxygens (including phenoxy) is 1. The molecule has 1 amide bonds. The molecule has 2 aromatic carbocycles. The van der Waals surface area contributed by atoms with Crippen molar-refractivity contribution >= 4 is 22.4 Å². The van der Waals surface area contributed by atoms with Gasteiger partial charge >= 0.3 is 0 Å². The Morgan fingerprint density at radius 3 is 2.56 bits per heavy atom. The van der Waals surface area contributed by atoms with Crippen molar-refractivity contribution in [2.45, 2.75) is 6.92 Å². The summed E-state index contributed by atoms with van der Waals surface area (Å²) in [4.78, 5) is 24.2. The molecule has 0 atom stereocenters. The number of benzene rings is 2. The van der Waals surface area contributed by atoms with Gasteiger partial charge in [0.1, 0.15) is 5.75 Å². The maximum atomic E-state index is 12.4. The Bertz CT molecular complexity index is 1020. The van der Waals surface area contributed by atoms with E-state index in [9.17, 15) is 9.59 Å². The van der Waals surface area contributed by atoms with Gasteiger partial charge in [0.2, 0.25) is 0 Å². The lowest BCUT2D eigenvalue weighted by molar-refractivity contribution is 0.0950. The first-order chi connectivity index (χ1) is 12.1. The van der Waals surface area contributed by atoms with Crippen molar-refractivity contribution < 1.29 is 9.53 Å². The molecule has 7 nitrogen and oxygen atoms in total. The van der Waals surface area contributed by atoms with E-state index in [2.05, 4.69) is 20.7 Å². The predicted octanol–water partition coefficient (Wildman–Crippen LogP) is 2.09. The van der Waals surface area contributed by atoms with Gasteiger partial charge in [-0.15, -0.1) is 0 Å². The van der Waals surface area contributed by atoms with E-state index in [4.69, 9.17) is 4.74 Å². The summed E-state index contributed by atoms with van der Waals surface area (Å²) in [6.45, 7) is 1.76. The van der Waals surface area contributed by atoms with Gasteiger partial charge in [-0.3, -0.25) is 9.59 Å². The fourth-order valence-electron chi connectivity index (χ4n) is 2.48. The number of methoxy groups -OCH3 is 1. The first-order valence-electron chi connectivity index (χ1n) is 7.57. The van der Waals surface area contributed by atoms with Crippen molar-refractivity contribution in [3.63, 3.8) is 0 Å². The fraction of sp³-hybridized carbons (Fsp3) is 0.111. The second-order valence-corrected chi connectivity index (χ2v) is 5.29. The number of nitrogens with one attached hydrogen (secondary N) is 2. The van der Waals surface area contributed by atoms with Gasteiger partial charge in [0.15, 0.2) is 5.69 Å². The summed E-state index contributed by atoms with van der Waals surface area (Å²) in [5.74, 6) is 0.146. The SMILES string of the molecule is COc1ccccc1/C(C)=N\NC(=O)c1n[nH]c(=O)c2ccccc12. The summed E-state index contributed by atoms with van der Waals surface area (Å²) in [6.07, 6.45) is 0. The molecule has 0 aliphatic carbocycles. The average Bonchev–Trinajstić information content (AvgIpc) is 2.66. The highest BCUT2D eigenvalue weighted by molar-refractivity contribution is 6.06. The second kappa shape index (κ2) is 6.96. The number of aromatic nitrogens is 2. The number of carbonyl (C=O) groups excluding carboxylic acids is 1. The number of H-pyrrole nitrogens is 1. The molecule has 1 aromatic heterocycles. The van der Waals surface area contributed by atoms with E-state index in [0.29, 0.717) is 22.2 Å². The standard InChI is InChI=1S/C18H16N4O3/c1-11(12-7-5-6-10-15(12)25-2)19-22-18(24)16-13-8-3-4-9-14(13)17(23)21-20-16/h3-10H,1-2H3,(H,21,23)(H,22,24)/b19-11-. The predicted molar refractivity (Wildman–Crippen MR) is 95.0 cm³/mol. The van der Waals surface area contributed by atoms with E-state index in [0.717, 1.165) is 5.56 Å². The Morgan fingerprint density at radius 2 is 1.80 bits per heavy atom. The first kappa shape index (κ1) is 16.4. The fourth-order valence-corrected chi connectivity index (χ4v) is 2.48. The molecule has 0 bridgehead atoms. The van der Waals surface area contributed by atoms with Crippen LogP contribution in [-0.2, 0) is 0 Å². The van der Waals surface area contributed by atoms with Gasteiger partial charge in [-0.05, 0) is 25.1 Å². The van der Waals surface area contributed by atoms with Crippen molar-refractivity contribution in [2.24, 2.45) is 5.10 Å². The monoisotopic (exact) mass is 336 g/mol. The minimum Gasteiger partial charge on any atom is -0.496 e. The Hall–Kier alpha value is -3.48. The van der Waals surface area contributed by atoms with Gasteiger partial charge in [0.25, 0.3) is 11.5 Å². The number of aromatic amines is 1. The number of fused-ring (bicyclic) bond motifs is 1. The lowest BCUT2D eigenvalue weighted by Gasteiger charge is -2.08. The van der Waals surface area contributed by atoms with Crippen LogP contribution >= 0.6 is 0 Å². The molecule has 0 aliphatic rings. The maximum Gasteiger partial charge on any atom is 0.292 e. The Labute approximate surface area is 143 Å². The smallest absolute Gasteiger partial charge is 0.292 e. The molecule has 0 aliphatic heterocycles. The lowest BCUT2D eigenvalue weighted by Crippen LogP contribution is -2.23. The van der Waals surface area contributed by atoms with Crippen LogP contribution in [0, 0.1) is 0 Å². The third-order valence-corrected chi connectivity index (χ3v) is 3.73. The first-order valence-corrected chi connectivity index (χ1v) is 7.57. The third kappa shape index (κ3) is 3.25. The summed E-state index contributed by atoms with van der Waals surface area (Å²) in [5, 5.41) is 11.2. The molecule has 0 spiro atoms. The van der Waals surface area contributed by atoms with Crippen LogP contribution in [0.5, 0.6) is 5.75 Å². The highest BCUT2D eigenvalue weighted by Crippen LogP contribution is 2.18. The number of rotatable bonds is 4. The third-order valence-electron chi connectivity index (χ3n) is 3.73. The van der Waals surface area contributed by atoms with Gasteiger partial charge in [-0.2, -0.15) is 10.2 Å². The minimum absolute atomic E-state index is 0.103. The van der Waals surface area contributed by atoms with Crippen LogP contribution < -0.4 is 15.7 Å². The Morgan fingerprint density at radius 1 is 1.12 bits per heavy atom. The van der Waals surface area contributed by atoms with Crippen molar-refractivity contribution in [3.05, 3.63) is 70.1 Å². The molecule has 0 saturated carbocycles. The van der Waals surface area contributed by atoms with Crippen molar-refractivity contribution in [1.82, 2.24) is 15.6 Å². The van der Waals surface area contributed by atoms with E-state index < -0.39 is 5.91 Å².